The molecule has 0 aliphatic carbocycles. The number of nitrogens with zero attached hydrogens (tertiary/aromatic N) is 3. The van der Waals surface area contributed by atoms with Crippen molar-refractivity contribution in [2.24, 2.45) is 0 Å². The second-order valence-corrected chi connectivity index (χ2v) is 11.9. The van der Waals surface area contributed by atoms with Crippen molar-refractivity contribution in [3.8, 4) is 5.75 Å². The summed E-state index contributed by atoms with van der Waals surface area (Å²) in [5, 5.41) is 11.1. The molecule has 1 unspecified atom stereocenters. The summed E-state index contributed by atoms with van der Waals surface area (Å²) in [5.74, 6) is 0.264. The molecule has 208 valence electrons. The molecule has 1 N–H and O–H groups in total. The number of anilines is 1. The third-order valence-electron chi connectivity index (χ3n) is 6.86. The predicted octanol–water partition coefficient (Wildman–Crippen LogP) is 4.07. The van der Waals surface area contributed by atoms with E-state index in [0.29, 0.717) is 23.5 Å². The van der Waals surface area contributed by atoms with Gasteiger partial charge in [-0.25, -0.2) is 8.42 Å². The van der Waals surface area contributed by atoms with Crippen LogP contribution in [0.15, 0.2) is 91.5 Å². The van der Waals surface area contributed by atoms with Crippen molar-refractivity contribution >= 4 is 15.7 Å². The highest BCUT2D eigenvalue weighted by Gasteiger charge is 2.29. The van der Waals surface area contributed by atoms with Gasteiger partial charge in [0.25, 0.3) is 0 Å². The molecular weight excluding hydrogens is 510 g/mol. The van der Waals surface area contributed by atoms with Crippen molar-refractivity contribution in [2.45, 2.75) is 25.3 Å². The van der Waals surface area contributed by atoms with E-state index in [0.717, 1.165) is 38.3 Å². The fraction of sp³-hybridized carbons (Fsp3) is 0.355. The maximum Gasteiger partial charge on any atom is 0.239 e. The Morgan fingerprint density at radius 3 is 2.26 bits per heavy atom. The number of β-amino-alcohol motifs (C(OH)–C–C–N with tert-alkyl or cyclic N) is 1. The molecule has 1 saturated heterocycles. The van der Waals surface area contributed by atoms with Crippen LogP contribution in [0.1, 0.15) is 16.7 Å². The van der Waals surface area contributed by atoms with Crippen LogP contribution in [-0.4, -0.2) is 75.3 Å². The summed E-state index contributed by atoms with van der Waals surface area (Å²) in [6, 6.07) is 24.9. The zero-order chi connectivity index (χ0) is 27.7. The van der Waals surface area contributed by atoms with Gasteiger partial charge in [-0.15, -0.1) is 0 Å². The first-order valence-electron chi connectivity index (χ1n) is 13.4. The Hall–Kier alpha value is -3.17. The Labute approximate surface area is 233 Å². The van der Waals surface area contributed by atoms with Gasteiger partial charge in [0, 0.05) is 39.3 Å². The lowest BCUT2D eigenvalue weighted by molar-refractivity contribution is 0.0743. The summed E-state index contributed by atoms with van der Waals surface area (Å²) in [7, 11) is -3.83. The highest BCUT2D eigenvalue weighted by atomic mass is 32.2. The Morgan fingerprint density at radius 2 is 1.56 bits per heavy atom. The molecule has 1 aliphatic heterocycles. The van der Waals surface area contributed by atoms with Gasteiger partial charge in [0.15, 0.2) is 0 Å². The number of aliphatic hydroxyl groups is 1. The van der Waals surface area contributed by atoms with Crippen LogP contribution in [0.3, 0.4) is 0 Å². The summed E-state index contributed by atoms with van der Waals surface area (Å²) in [6.07, 6.45) is 0.750. The summed E-state index contributed by atoms with van der Waals surface area (Å²) in [5.41, 5.74) is 3.46. The van der Waals surface area contributed by atoms with Crippen LogP contribution < -0.4 is 9.04 Å². The monoisotopic (exact) mass is 549 g/mol. The number of para-hydroxylation sites is 2. The fourth-order valence-corrected chi connectivity index (χ4v) is 6.41. The number of sulfonamides is 1. The molecule has 0 amide bonds. The third-order valence-corrected chi connectivity index (χ3v) is 8.57. The van der Waals surface area contributed by atoms with Gasteiger partial charge in [0.05, 0.1) is 24.1 Å². The van der Waals surface area contributed by atoms with Gasteiger partial charge in [-0.05, 0) is 30.2 Å². The van der Waals surface area contributed by atoms with Crippen molar-refractivity contribution in [3.05, 3.63) is 108 Å². The molecule has 39 heavy (non-hydrogen) atoms. The lowest BCUT2D eigenvalue weighted by Gasteiger charge is -2.36. The topological polar surface area (TPSA) is 73.3 Å². The molecule has 0 bridgehead atoms. The molecular formula is C31H39N3O4S. The zero-order valence-corrected chi connectivity index (χ0v) is 23.5. The highest BCUT2D eigenvalue weighted by molar-refractivity contribution is 7.92. The molecule has 0 saturated carbocycles. The average molecular weight is 550 g/mol. The lowest BCUT2D eigenvalue weighted by Crippen LogP contribution is -2.50. The second-order valence-electron chi connectivity index (χ2n) is 10.1. The standard InChI is InChI=1S/C31H39N3O4S/c1-3-21-38-31-12-8-7-11-30(31)34(39(36,37)25-28-15-13-26(2)14-16-28)24-29(35)23-33-19-17-32(18-20-33)22-27-9-5-4-6-10-27/h3-16,29,35H,1,17-25H2,2H3. The van der Waals surface area contributed by atoms with E-state index in [4.69, 9.17) is 4.74 Å². The molecule has 1 heterocycles. The van der Waals surface area contributed by atoms with Crippen molar-refractivity contribution in [2.75, 3.05) is 50.2 Å². The first kappa shape index (κ1) is 28.8. The van der Waals surface area contributed by atoms with Gasteiger partial charge < -0.3 is 9.84 Å². The molecule has 1 atom stereocenters. The number of aliphatic hydroxyl groups excluding tert-OH is 1. The Balaban J connectivity index is 1.45. The van der Waals surface area contributed by atoms with Crippen LogP contribution in [0, 0.1) is 6.92 Å². The number of aryl methyl sites for hydroxylation is 1. The third kappa shape index (κ3) is 8.41. The van der Waals surface area contributed by atoms with Crippen molar-refractivity contribution in [3.63, 3.8) is 0 Å². The SMILES string of the molecule is C=CCOc1ccccc1N(CC(O)CN1CCN(Cc2ccccc2)CC1)S(=O)(=O)Cc1ccc(C)cc1. The predicted molar refractivity (Wildman–Crippen MR) is 157 cm³/mol. The Bertz CT molecular complexity index is 1290. The summed E-state index contributed by atoms with van der Waals surface area (Å²) >= 11 is 0. The highest BCUT2D eigenvalue weighted by Crippen LogP contribution is 2.31. The zero-order valence-electron chi connectivity index (χ0n) is 22.7. The number of rotatable bonds is 13. The molecule has 3 aromatic rings. The van der Waals surface area contributed by atoms with Crippen LogP contribution in [0.25, 0.3) is 0 Å². The van der Waals surface area contributed by atoms with Crippen LogP contribution in [0.5, 0.6) is 5.75 Å². The van der Waals surface area contributed by atoms with E-state index in [1.807, 2.05) is 37.3 Å². The molecule has 7 nitrogen and oxygen atoms in total. The number of hydrogen-bond acceptors (Lipinski definition) is 6. The van der Waals surface area contributed by atoms with E-state index in [1.54, 1.807) is 30.3 Å². The van der Waals surface area contributed by atoms with E-state index < -0.39 is 16.1 Å². The fourth-order valence-electron chi connectivity index (χ4n) is 4.79. The van der Waals surface area contributed by atoms with Gasteiger partial charge in [0.2, 0.25) is 10.0 Å². The first-order chi connectivity index (χ1) is 18.8. The van der Waals surface area contributed by atoms with E-state index in [2.05, 4.69) is 40.6 Å². The Kier molecular flexibility index (Phi) is 10.2. The van der Waals surface area contributed by atoms with Crippen LogP contribution in [-0.2, 0) is 22.3 Å². The van der Waals surface area contributed by atoms with E-state index in [9.17, 15) is 13.5 Å². The van der Waals surface area contributed by atoms with Gasteiger partial charge in [-0.2, -0.15) is 0 Å². The summed E-state index contributed by atoms with van der Waals surface area (Å²) < 4.78 is 34.7. The van der Waals surface area contributed by atoms with Gasteiger partial charge in [-0.1, -0.05) is 84.9 Å². The Morgan fingerprint density at radius 1 is 0.923 bits per heavy atom. The summed E-state index contributed by atoms with van der Waals surface area (Å²) in [6.45, 7) is 10.6. The maximum atomic E-state index is 13.8. The number of benzene rings is 3. The minimum atomic E-state index is -3.83. The van der Waals surface area contributed by atoms with Gasteiger partial charge in [0.1, 0.15) is 12.4 Å². The van der Waals surface area contributed by atoms with Gasteiger partial charge >= 0.3 is 0 Å². The minimum absolute atomic E-state index is 0.0626. The largest absolute Gasteiger partial charge is 0.487 e. The van der Waals surface area contributed by atoms with Crippen LogP contribution in [0.4, 0.5) is 5.69 Å². The smallest absolute Gasteiger partial charge is 0.239 e. The molecule has 1 fully saturated rings. The first-order valence-corrected chi connectivity index (χ1v) is 15.0. The van der Waals surface area contributed by atoms with Crippen molar-refractivity contribution in [1.82, 2.24) is 9.80 Å². The second kappa shape index (κ2) is 13.8. The lowest BCUT2D eigenvalue weighted by atomic mass is 10.2. The van der Waals surface area contributed by atoms with E-state index in [1.165, 1.54) is 9.87 Å². The normalized spacial score (nSPS) is 15.5. The van der Waals surface area contributed by atoms with E-state index >= 15 is 0 Å². The molecule has 8 heteroatoms. The van der Waals surface area contributed by atoms with Crippen LogP contribution >= 0.6 is 0 Å². The van der Waals surface area contributed by atoms with Crippen LogP contribution in [0.2, 0.25) is 0 Å². The number of ether oxygens (including phenoxy) is 1. The van der Waals surface area contributed by atoms with Gasteiger partial charge in [-0.3, -0.25) is 14.1 Å². The molecule has 4 rings (SSSR count). The minimum Gasteiger partial charge on any atom is -0.487 e. The number of hydrogen-bond donors (Lipinski definition) is 1. The van der Waals surface area contributed by atoms with Crippen molar-refractivity contribution in [1.29, 1.82) is 0 Å². The van der Waals surface area contributed by atoms with Crippen molar-refractivity contribution < 1.29 is 18.3 Å². The summed E-state index contributed by atoms with van der Waals surface area (Å²) in [4.78, 5) is 4.61. The molecule has 1 aliphatic rings. The molecule has 0 radical (unpaired) electrons. The number of piperazine rings is 1. The molecule has 0 aromatic heterocycles. The average Bonchev–Trinajstić information content (AvgIpc) is 2.93. The maximum absolute atomic E-state index is 13.8. The quantitative estimate of drug-likeness (QED) is 0.324. The molecule has 3 aromatic carbocycles. The molecule has 0 spiro atoms. The van der Waals surface area contributed by atoms with E-state index in [-0.39, 0.29) is 18.9 Å².